The molecule has 5 nitrogen and oxygen atoms in total. The second-order valence-electron chi connectivity index (χ2n) is 5.36. The minimum absolute atomic E-state index is 0.0189. The van der Waals surface area contributed by atoms with E-state index in [4.69, 9.17) is 4.74 Å². The summed E-state index contributed by atoms with van der Waals surface area (Å²) in [6.45, 7) is 0.693. The van der Waals surface area contributed by atoms with E-state index in [0.717, 1.165) is 17.7 Å². The fourth-order valence-corrected chi connectivity index (χ4v) is 2.73. The van der Waals surface area contributed by atoms with Crippen molar-refractivity contribution >= 4 is 11.8 Å². The molecule has 0 bridgehead atoms. The highest BCUT2D eigenvalue weighted by atomic mass is 16.5. The molecule has 106 valence electrons. The highest BCUT2D eigenvalue weighted by Gasteiger charge is 2.33. The van der Waals surface area contributed by atoms with Crippen LogP contribution in [0.2, 0.25) is 0 Å². The molecule has 0 aromatic heterocycles. The second kappa shape index (κ2) is 5.15. The summed E-state index contributed by atoms with van der Waals surface area (Å²) in [4.78, 5) is 25.6. The average molecular weight is 274 g/mol. The number of amides is 2. The maximum absolute atomic E-state index is 12.2. The summed E-state index contributed by atoms with van der Waals surface area (Å²) in [5.74, 6) is 0.566. The minimum atomic E-state index is -0.497. The van der Waals surface area contributed by atoms with Gasteiger partial charge in [0.25, 0.3) is 5.91 Å². The Bertz CT molecular complexity index is 544. The molecule has 1 aromatic carbocycles. The molecule has 0 spiro atoms. The monoisotopic (exact) mass is 274 g/mol. The van der Waals surface area contributed by atoms with Gasteiger partial charge in [-0.1, -0.05) is 18.2 Å². The van der Waals surface area contributed by atoms with Gasteiger partial charge in [-0.2, -0.15) is 0 Å². The minimum Gasteiger partial charge on any atom is -0.480 e. The van der Waals surface area contributed by atoms with Crippen LogP contribution in [0.1, 0.15) is 18.4 Å². The Balaban J connectivity index is 1.63. The van der Waals surface area contributed by atoms with E-state index in [-0.39, 0.29) is 11.8 Å². The van der Waals surface area contributed by atoms with Crippen molar-refractivity contribution in [3.8, 4) is 5.75 Å². The van der Waals surface area contributed by atoms with Gasteiger partial charge in [0.1, 0.15) is 11.8 Å². The smallest absolute Gasteiger partial charge is 0.261 e. The molecule has 1 aromatic rings. The molecule has 0 aliphatic carbocycles. The molecule has 0 saturated carbocycles. The van der Waals surface area contributed by atoms with Crippen molar-refractivity contribution in [2.75, 3.05) is 13.6 Å². The van der Waals surface area contributed by atoms with Crippen LogP contribution < -0.4 is 10.1 Å². The summed E-state index contributed by atoms with van der Waals surface area (Å²) in [5.41, 5.74) is 1.13. The highest BCUT2D eigenvalue weighted by molar-refractivity contribution is 5.90. The van der Waals surface area contributed by atoms with E-state index in [0.29, 0.717) is 19.4 Å². The molecule has 0 unspecified atom stereocenters. The van der Waals surface area contributed by atoms with Gasteiger partial charge < -0.3 is 15.0 Å². The molecule has 2 aliphatic rings. The summed E-state index contributed by atoms with van der Waals surface area (Å²) >= 11 is 0. The number of rotatable bonds is 2. The van der Waals surface area contributed by atoms with Gasteiger partial charge in [0.15, 0.2) is 6.10 Å². The zero-order valence-electron chi connectivity index (χ0n) is 11.5. The fourth-order valence-electron chi connectivity index (χ4n) is 2.73. The zero-order chi connectivity index (χ0) is 14.1. The number of benzene rings is 1. The van der Waals surface area contributed by atoms with Crippen LogP contribution in [0.5, 0.6) is 5.75 Å². The van der Waals surface area contributed by atoms with Gasteiger partial charge in [0.05, 0.1) is 0 Å². The highest BCUT2D eigenvalue weighted by Crippen LogP contribution is 2.27. The first-order valence-corrected chi connectivity index (χ1v) is 6.95. The van der Waals surface area contributed by atoms with Gasteiger partial charge in [-0.3, -0.25) is 9.59 Å². The predicted molar refractivity (Wildman–Crippen MR) is 73.4 cm³/mol. The maximum Gasteiger partial charge on any atom is 0.261 e. The normalized spacial score (nSPS) is 25.1. The SMILES string of the molecule is CN1CC[C@H](NC(=O)[C@H]2CCc3ccccc3O2)C1=O. The lowest BCUT2D eigenvalue weighted by atomic mass is 10.0. The molecule has 2 atom stereocenters. The number of para-hydroxylation sites is 1. The maximum atomic E-state index is 12.2. The van der Waals surface area contributed by atoms with Crippen molar-refractivity contribution in [1.82, 2.24) is 10.2 Å². The Morgan fingerprint density at radius 3 is 2.90 bits per heavy atom. The number of ether oxygens (including phenoxy) is 1. The lowest BCUT2D eigenvalue weighted by molar-refractivity contribution is -0.135. The van der Waals surface area contributed by atoms with Crippen LogP contribution in [0.25, 0.3) is 0 Å². The quantitative estimate of drug-likeness (QED) is 0.865. The Morgan fingerprint density at radius 2 is 2.15 bits per heavy atom. The van der Waals surface area contributed by atoms with Gasteiger partial charge in [-0.05, 0) is 30.9 Å². The molecule has 2 amide bonds. The van der Waals surface area contributed by atoms with E-state index in [1.165, 1.54) is 0 Å². The van der Waals surface area contributed by atoms with Crippen LogP contribution in [0.4, 0.5) is 0 Å². The van der Waals surface area contributed by atoms with Gasteiger partial charge >= 0.3 is 0 Å². The molecule has 2 heterocycles. The molecule has 2 aliphatic heterocycles. The molecule has 1 saturated heterocycles. The van der Waals surface area contributed by atoms with E-state index in [1.54, 1.807) is 11.9 Å². The van der Waals surface area contributed by atoms with E-state index in [9.17, 15) is 9.59 Å². The average Bonchev–Trinajstić information content (AvgIpc) is 2.78. The van der Waals surface area contributed by atoms with Gasteiger partial charge in [-0.25, -0.2) is 0 Å². The van der Waals surface area contributed by atoms with Crippen molar-refractivity contribution < 1.29 is 14.3 Å². The number of hydrogen-bond donors (Lipinski definition) is 1. The molecular formula is C15H18N2O3. The lowest BCUT2D eigenvalue weighted by Gasteiger charge is -2.26. The summed E-state index contributed by atoms with van der Waals surface area (Å²) < 4.78 is 5.73. The standard InChI is InChI=1S/C15H18N2O3/c1-17-9-8-11(15(17)19)16-14(18)13-7-6-10-4-2-3-5-12(10)20-13/h2-5,11,13H,6-9H2,1H3,(H,16,18)/t11-,13+/m0/s1. The number of likely N-dealkylation sites (N-methyl/N-ethyl adjacent to an activating group) is 1. The first kappa shape index (κ1) is 13.0. The number of hydrogen-bond acceptors (Lipinski definition) is 3. The van der Waals surface area contributed by atoms with E-state index < -0.39 is 12.1 Å². The Hall–Kier alpha value is -2.04. The van der Waals surface area contributed by atoms with Crippen LogP contribution in [0.3, 0.4) is 0 Å². The Morgan fingerprint density at radius 1 is 1.35 bits per heavy atom. The number of likely N-dealkylation sites (tertiary alicyclic amines) is 1. The summed E-state index contributed by atoms with van der Waals surface area (Å²) in [7, 11) is 1.75. The third kappa shape index (κ3) is 2.35. The number of carbonyl (C=O) groups is 2. The van der Waals surface area contributed by atoms with Crippen molar-refractivity contribution in [2.24, 2.45) is 0 Å². The molecule has 20 heavy (non-hydrogen) atoms. The first-order valence-electron chi connectivity index (χ1n) is 6.95. The molecule has 1 fully saturated rings. The predicted octanol–water partition coefficient (Wildman–Crippen LogP) is 0.727. The van der Waals surface area contributed by atoms with Crippen molar-refractivity contribution in [3.63, 3.8) is 0 Å². The largest absolute Gasteiger partial charge is 0.480 e. The van der Waals surface area contributed by atoms with E-state index >= 15 is 0 Å². The summed E-state index contributed by atoms with van der Waals surface area (Å²) in [5, 5.41) is 2.80. The molecular weight excluding hydrogens is 256 g/mol. The molecule has 5 heteroatoms. The van der Waals surface area contributed by atoms with Gasteiger partial charge in [0, 0.05) is 13.6 Å². The molecule has 1 N–H and O–H groups in total. The lowest BCUT2D eigenvalue weighted by Crippen LogP contribution is -2.47. The van der Waals surface area contributed by atoms with E-state index in [1.807, 2.05) is 24.3 Å². The summed E-state index contributed by atoms with van der Waals surface area (Å²) in [6.07, 6.45) is 1.65. The fraction of sp³-hybridized carbons (Fsp3) is 0.467. The van der Waals surface area contributed by atoms with Crippen LogP contribution in [-0.2, 0) is 16.0 Å². The van der Waals surface area contributed by atoms with Crippen LogP contribution in [0, 0.1) is 0 Å². The number of carbonyl (C=O) groups excluding carboxylic acids is 2. The number of aryl methyl sites for hydroxylation is 1. The van der Waals surface area contributed by atoms with Crippen LogP contribution in [0.15, 0.2) is 24.3 Å². The number of fused-ring (bicyclic) bond motifs is 1. The molecule has 0 radical (unpaired) electrons. The van der Waals surface area contributed by atoms with Crippen molar-refractivity contribution in [2.45, 2.75) is 31.4 Å². The molecule has 3 rings (SSSR count). The van der Waals surface area contributed by atoms with Crippen molar-refractivity contribution in [1.29, 1.82) is 0 Å². The number of nitrogens with zero attached hydrogens (tertiary/aromatic N) is 1. The van der Waals surface area contributed by atoms with Gasteiger partial charge in [-0.15, -0.1) is 0 Å². The van der Waals surface area contributed by atoms with Crippen LogP contribution >= 0.6 is 0 Å². The third-order valence-electron chi connectivity index (χ3n) is 3.95. The Kier molecular flexibility index (Phi) is 3.34. The van der Waals surface area contributed by atoms with Crippen molar-refractivity contribution in [3.05, 3.63) is 29.8 Å². The van der Waals surface area contributed by atoms with E-state index in [2.05, 4.69) is 5.32 Å². The summed E-state index contributed by atoms with van der Waals surface area (Å²) in [6, 6.07) is 7.36. The zero-order valence-corrected chi connectivity index (χ0v) is 11.5. The third-order valence-corrected chi connectivity index (χ3v) is 3.95. The topological polar surface area (TPSA) is 58.6 Å². The second-order valence-corrected chi connectivity index (χ2v) is 5.36. The first-order chi connectivity index (χ1) is 9.65. The number of nitrogens with one attached hydrogen (secondary N) is 1. The van der Waals surface area contributed by atoms with Gasteiger partial charge in [0.2, 0.25) is 5.91 Å². The Labute approximate surface area is 117 Å². The van der Waals surface area contributed by atoms with Crippen LogP contribution in [-0.4, -0.2) is 42.5 Å².